The summed E-state index contributed by atoms with van der Waals surface area (Å²) in [5, 5.41) is 4.29. The second-order valence-electron chi connectivity index (χ2n) is 4.85. The predicted octanol–water partition coefficient (Wildman–Crippen LogP) is 2.52. The fourth-order valence-corrected chi connectivity index (χ4v) is 2.85. The zero-order valence-corrected chi connectivity index (χ0v) is 11.6. The molecule has 5 heteroatoms. The highest BCUT2D eigenvalue weighted by Gasteiger charge is 2.46. The number of hydrogen-bond donors (Lipinski definition) is 0. The fraction of sp³-hybridized carbons (Fsp3) is 0.467. The number of aromatic nitrogens is 3. The molecule has 1 fully saturated rings. The maximum Gasteiger partial charge on any atom is 0.218 e. The number of hydrogen-bond acceptors (Lipinski definition) is 4. The third kappa shape index (κ3) is 2.23. The van der Waals surface area contributed by atoms with Gasteiger partial charge in [-0.25, -0.2) is 9.67 Å². The van der Waals surface area contributed by atoms with Gasteiger partial charge < -0.3 is 9.47 Å². The molecule has 3 rings (SSSR count). The predicted molar refractivity (Wildman–Crippen MR) is 74.0 cm³/mol. The molecule has 5 nitrogen and oxygen atoms in total. The van der Waals surface area contributed by atoms with Crippen LogP contribution in [0.15, 0.2) is 43.0 Å². The van der Waals surface area contributed by atoms with Crippen LogP contribution in [0.1, 0.15) is 31.4 Å². The molecule has 0 N–H and O–H groups in total. The molecule has 1 saturated heterocycles. The summed E-state index contributed by atoms with van der Waals surface area (Å²) in [6, 6.07) is 10.1. The van der Waals surface area contributed by atoms with Crippen LogP contribution in [0.3, 0.4) is 0 Å². The molecular formula is C15H19N3O2. The van der Waals surface area contributed by atoms with E-state index in [1.807, 2.05) is 41.9 Å². The summed E-state index contributed by atoms with van der Waals surface area (Å²) in [6.45, 7) is 3.27. The second kappa shape index (κ2) is 5.73. The van der Waals surface area contributed by atoms with Gasteiger partial charge in [-0.1, -0.05) is 30.3 Å². The van der Waals surface area contributed by atoms with Gasteiger partial charge in [0.2, 0.25) is 5.79 Å². The van der Waals surface area contributed by atoms with Crippen molar-refractivity contribution in [3.05, 3.63) is 48.5 Å². The Morgan fingerprint density at radius 1 is 1.40 bits per heavy atom. The van der Waals surface area contributed by atoms with Gasteiger partial charge in [0.15, 0.2) is 0 Å². The fourth-order valence-electron chi connectivity index (χ4n) is 2.85. The van der Waals surface area contributed by atoms with Gasteiger partial charge in [0.1, 0.15) is 18.7 Å². The van der Waals surface area contributed by atoms with Gasteiger partial charge >= 0.3 is 0 Å². The maximum absolute atomic E-state index is 6.12. The molecule has 0 amide bonds. The molecule has 1 aromatic carbocycles. The highest BCUT2D eigenvalue weighted by Crippen LogP contribution is 2.43. The third-order valence-electron chi connectivity index (χ3n) is 3.67. The monoisotopic (exact) mass is 273 g/mol. The van der Waals surface area contributed by atoms with Gasteiger partial charge in [-0.15, -0.1) is 0 Å². The molecular weight excluding hydrogens is 254 g/mol. The largest absolute Gasteiger partial charge is 0.344 e. The molecule has 2 heterocycles. The first-order valence-corrected chi connectivity index (χ1v) is 7.04. The molecule has 2 aromatic rings. The van der Waals surface area contributed by atoms with Crippen LogP contribution in [0.5, 0.6) is 0 Å². The molecule has 1 aromatic heterocycles. The Labute approximate surface area is 118 Å². The van der Waals surface area contributed by atoms with Crippen LogP contribution in [0, 0.1) is 0 Å². The van der Waals surface area contributed by atoms with Crippen molar-refractivity contribution < 1.29 is 9.47 Å². The van der Waals surface area contributed by atoms with Crippen LogP contribution in [-0.4, -0.2) is 28.0 Å². The first kappa shape index (κ1) is 13.3. The summed E-state index contributed by atoms with van der Waals surface area (Å²) in [7, 11) is 0. The van der Waals surface area contributed by atoms with Crippen molar-refractivity contribution in [2.75, 3.05) is 13.2 Å². The Morgan fingerprint density at radius 2 is 2.25 bits per heavy atom. The van der Waals surface area contributed by atoms with Crippen molar-refractivity contribution in [1.29, 1.82) is 0 Å². The van der Waals surface area contributed by atoms with E-state index in [0.717, 1.165) is 18.4 Å². The standard InChI is InChI=1S/C15H19N3O2/c1-2-19-15(13-7-4-3-5-8-13)14(9-6-10-20-15)18-12-16-11-17-18/h3-5,7-8,11-12,14H,2,6,9-10H2,1H3. The van der Waals surface area contributed by atoms with Crippen LogP contribution >= 0.6 is 0 Å². The Bertz CT molecular complexity index is 525. The Morgan fingerprint density at radius 3 is 2.95 bits per heavy atom. The van der Waals surface area contributed by atoms with E-state index in [-0.39, 0.29) is 6.04 Å². The lowest BCUT2D eigenvalue weighted by molar-refractivity contribution is -0.289. The summed E-state index contributed by atoms with van der Waals surface area (Å²) < 4.78 is 14.0. The quantitative estimate of drug-likeness (QED) is 0.859. The van der Waals surface area contributed by atoms with Crippen molar-refractivity contribution in [2.45, 2.75) is 31.6 Å². The number of benzene rings is 1. The lowest BCUT2D eigenvalue weighted by Gasteiger charge is -2.43. The first-order valence-electron chi connectivity index (χ1n) is 7.04. The average molecular weight is 273 g/mol. The summed E-state index contributed by atoms with van der Waals surface area (Å²) >= 11 is 0. The van der Waals surface area contributed by atoms with E-state index in [4.69, 9.17) is 9.47 Å². The normalized spacial score (nSPS) is 26.6. The van der Waals surface area contributed by atoms with Gasteiger partial charge in [-0.2, -0.15) is 5.10 Å². The van der Waals surface area contributed by atoms with E-state index >= 15 is 0 Å². The molecule has 2 unspecified atom stereocenters. The SMILES string of the molecule is CCOC1(c2ccccc2)OCCCC1n1cncn1. The van der Waals surface area contributed by atoms with Crippen LogP contribution in [-0.2, 0) is 15.3 Å². The van der Waals surface area contributed by atoms with Gasteiger partial charge in [-0.05, 0) is 19.8 Å². The Kier molecular flexibility index (Phi) is 3.80. The number of nitrogens with zero attached hydrogens (tertiary/aromatic N) is 3. The van der Waals surface area contributed by atoms with E-state index in [1.165, 1.54) is 0 Å². The van der Waals surface area contributed by atoms with Crippen LogP contribution < -0.4 is 0 Å². The molecule has 1 aliphatic heterocycles. The van der Waals surface area contributed by atoms with Crippen LogP contribution in [0.25, 0.3) is 0 Å². The van der Waals surface area contributed by atoms with Crippen molar-refractivity contribution in [1.82, 2.24) is 14.8 Å². The Hall–Kier alpha value is -1.72. The highest BCUT2D eigenvalue weighted by atomic mass is 16.7. The van der Waals surface area contributed by atoms with E-state index in [2.05, 4.69) is 10.1 Å². The summed E-state index contributed by atoms with van der Waals surface area (Å²) in [4.78, 5) is 4.06. The highest BCUT2D eigenvalue weighted by molar-refractivity contribution is 5.22. The van der Waals surface area contributed by atoms with E-state index in [0.29, 0.717) is 13.2 Å². The maximum atomic E-state index is 6.12. The van der Waals surface area contributed by atoms with Gasteiger partial charge in [0.05, 0.1) is 6.61 Å². The van der Waals surface area contributed by atoms with Crippen molar-refractivity contribution in [2.24, 2.45) is 0 Å². The van der Waals surface area contributed by atoms with Gasteiger partial charge in [0, 0.05) is 12.2 Å². The van der Waals surface area contributed by atoms with E-state index in [9.17, 15) is 0 Å². The molecule has 20 heavy (non-hydrogen) atoms. The van der Waals surface area contributed by atoms with E-state index < -0.39 is 5.79 Å². The van der Waals surface area contributed by atoms with Crippen LogP contribution in [0.4, 0.5) is 0 Å². The Balaban J connectivity index is 2.06. The van der Waals surface area contributed by atoms with Crippen LogP contribution in [0.2, 0.25) is 0 Å². The molecule has 106 valence electrons. The first-order chi connectivity index (χ1) is 9.87. The zero-order valence-electron chi connectivity index (χ0n) is 11.6. The molecule has 0 saturated carbocycles. The number of ether oxygens (including phenoxy) is 2. The third-order valence-corrected chi connectivity index (χ3v) is 3.67. The molecule has 0 spiro atoms. The second-order valence-corrected chi connectivity index (χ2v) is 4.85. The zero-order chi connectivity index (χ0) is 13.8. The minimum Gasteiger partial charge on any atom is -0.344 e. The molecule has 0 radical (unpaired) electrons. The van der Waals surface area contributed by atoms with Crippen molar-refractivity contribution in [3.63, 3.8) is 0 Å². The topological polar surface area (TPSA) is 49.2 Å². The lowest BCUT2D eigenvalue weighted by atomic mass is 9.92. The van der Waals surface area contributed by atoms with Crippen molar-refractivity contribution >= 4 is 0 Å². The molecule has 0 bridgehead atoms. The minimum atomic E-state index is -0.776. The summed E-state index contributed by atoms with van der Waals surface area (Å²) in [5.41, 5.74) is 1.03. The lowest BCUT2D eigenvalue weighted by Crippen LogP contribution is -2.45. The molecule has 2 atom stereocenters. The van der Waals surface area contributed by atoms with Gasteiger partial charge in [0.25, 0.3) is 0 Å². The molecule has 1 aliphatic rings. The van der Waals surface area contributed by atoms with Crippen molar-refractivity contribution in [3.8, 4) is 0 Å². The van der Waals surface area contributed by atoms with E-state index in [1.54, 1.807) is 12.7 Å². The molecule has 0 aliphatic carbocycles. The minimum absolute atomic E-state index is 0.00102. The van der Waals surface area contributed by atoms with Gasteiger partial charge in [-0.3, -0.25) is 0 Å². The number of rotatable bonds is 4. The summed E-state index contributed by atoms with van der Waals surface area (Å²) in [6.07, 6.45) is 5.23. The smallest absolute Gasteiger partial charge is 0.218 e. The summed E-state index contributed by atoms with van der Waals surface area (Å²) in [5.74, 6) is -0.776. The average Bonchev–Trinajstić information content (AvgIpc) is 3.03.